The van der Waals surface area contributed by atoms with Gasteiger partial charge in [-0.1, -0.05) is 0 Å². The Labute approximate surface area is 120 Å². The number of amides is 1. The zero-order chi connectivity index (χ0) is 15.6. The standard InChI is InChI=1S/C13H27NO6/c1-6-18-13(19-7-2,10-17-9-8-15)14-11(16)20-12(3,4)5/h15H,6-10H2,1-5H3,(H,14,16). The number of hydrogen-bond acceptors (Lipinski definition) is 6. The highest BCUT2D eigenvalue weighted by atomic mass is 16.7. The minimum Gasteiger partial charge on any atom is -0.444 e. The summed E-state index contributed by atoms with van der Waals surface area (Å²) in [4.78, 5) is 11.9. The zero-order valence-electron chi connectivity index (χ0n) is 13.0. The summed E-state index contributed by atoms with van der Waals surface area (Å²) in [6, 6.07) is 0. The molecule has 0 aliphatic heterocycles. The first-order chi connectivity index (χ1) is 9.28. The molecule has 7 nitrogen and oxygen atoms in total. The smallest absolute Gasteiger partial charge is 0.411 e. The second-order valence-corrected chi connectivity index (χ2v) is 5.02. The molecule has 0 aliphatic rings. The van der Waals surface area contributed by atoms with Crippen LogP contribution in [-0.4, -0.2) is 55.7 Å². The summed E-state index contributed by atoms with van der Waals surface area (Å²) in [6.07, 6.45) is -0.660. The lowest BCUT2D eigenvalue weighted by atomic mass is 10.2. The van der Waals surface area contributed by atoms with E-state index in [0.29, 0.717) is 13.2 Å². The number of hydrogen-bond donors (Lipinski definition) is 2. The monoisotopic (exact) mass is 293 g/mol. The quantitative estimate of drug-likeness (QED) is 0.491. The highest BCUT2D eigenvalue weighted by Gasteiger charge is 2.36. The first-order valence-corrected chi connectivity index (χ1v) is 6.76. The molecule has 0 saturated heterocycles. The van der Waals surface area contributed by atoms with Crippen molar-refractivity contribution in [1.29, 1.82) is 0 Å². The molecular weight excluding hydrogens is 266 g/mol. The van der Waals surface area contributed by atoms with Crippen LogP contribution in [0.3, 0.4) is 0 Å². The minimum absolute atomic E-state index is 0.0471. The highest BCUT2D eigenvalue weighted by molar-refractivity contribution is 5.68. The van der Waals surface area contributed by atoms with E-state index >= 15 is 0 Å². The van der Waals surface area contributed by atoms with Gasteiger partial charge in [-0.05, 0) is 34.6 Å². The first-order valence-electron chi connectivity index (χ1n) is 6.76. The van der Waals surface area contributed by atoms with Crippen LogP contribution in [0.2, 0.25) is 0 Å². The molecule has 0 rings (SSSR count). The van der Waals surface area contributed by atoms with E-state index in [1.165, 1.54) is 0 Å². The number of rotatable bonds is 9. The molecular formula is C13H27NO6. The van der Waals surface area contributed by atoms with Crippen molar-refractivity contribution in [2.45, 2.75) is 46.1 Å². The van der Waals surface area contributed by atoms with E-state index in [9.17, 15) is 4.79 Å². The summed E-state index contributed by atoms with van der Waals surface area (Å²) in [7, 11) is 0. The van der Waals surface area contributed by atoms with Crippen LogP contribution in [0, 0.1) is 0 Å². The van der Waals surface area contributed by atoms with Gasteiger partial charge in [-0.3, -0.25) is 5.32 Å². The predicted octanol–water partition coefficient (Wildman–Crippen LogP) is 1.25. The van der Waals surface area contributed by atoms with Crippen molar-refractivity contribution >= 4 is 6.09 Å². The average molecular weight is 293 g/mol. The van der Waals surface area contributed by atoms with E-state index in [2.05, 4.69) is 5.32 Å². The van der Waals surface area contributed by atoms with Crippen LogP contribution in [-0.2, 0) is 18.9 Å². The summed E-state index contributed by atoms with van der Waals surface area (Å²) in [5.74, 6) is -1.42. The van der Waals surface area contributed by atoms with Crippen LogP contribution in [0.4, 0.5) is 4.79 Å². The lowest BCUT2D eigenvalue weighted by Gasteiger charge is -2.33. The van der Waals surface area contributed by atoms with Crippen LogP contribution >= 0.6 is 0 Å². The van der Waals surface area contributed by atoms with Crippen molar-refractivity contribution in [3.8, 4) is 0 Å². The first kappa shape index (κ1) is 19.1. The van der Waals surface area contributed by atoms with E-state index in [-0.39, 0.29) is 19.8 Å². The molecule has 0 atom stereocenters. The molecule has 0 aromatic carbocycles. The molecule has 0 aromatic rings. The van der Waals surface area contributed by atoms with Gasteiger partial charge in [0.25, 0.3) is 5.91 Å². The summed E-state index contributed by atoms with van der Waals surface area (Å²) in [6.45, 7) is 9.42. The Hall–Kier alpha value is -0.890. The molecule has 0 aromatic heterocycles. The maximum atomic E-state index is 11.9. The Bertz CT molecular complexity index is 271. The van der Waals surface area contributed by atoms with Crippen LogP contribution < -0.4 is 5.32 Å². The molecule has 0 unspecified atom stereocenters. The fraction of sp³-hybridized carbons (Fsp3) is 0.923. The van der Waals surface area contributed by atoms with Crippen molar-refractivity contribution in [2.24, 2.45) is 0 Å². The molecule has 0 saturated carbocycles. The highest BCUT2D eigenvalue weighted by Crippen LogP contribution is 2.14. The molecule has 0 aliphatic carbocycles. The van der Waals surface area contributed by atoms with Gasteiger partial charge in [0.05, 0.1) is 13.2 Å². The molecule has 0 bridgehead atoms. The summed E-state index contributed by atoms with van der Waals surface area (Å²) in [5.41, 5.74) is -0.625. The molecule has 0 radical (unpaired) electrons. The van der Waals surface area contributed by atoms with Gasteiger partial charge in [0, 0.05) is 13.2 Å². The van der Waals surface area contributed by atoms with Gasteiger partial charge in [-0.15, -0.1) is 0 Å². The zero-order valence-corrected chi connectivity index (χ0v) is 13.0. The maximum absolute atomic E-state index is 11.9. The van der Waals surface area contributed by atoms with Gasteiger partial charge in [-0.25, -0.2) is 4.79 Å². The van der Waals surface area contributed by atoms with Crippen LogP contribution in [0.25, 0.3) is 0 Å². The Kier molecular flexibility index (Phi) is 8.71. The van der Waals surface area contributed by atoms with Gasteiger partial charge in [0.1, 0.15) is 12.2 Å². The molecule has 7 heteroatoms. The summed E-state index contributed by atoms with van der Waals surface area (Å²) >= 11 is 0. The molecule has 2 N–H and O–H groups in total. The molecule has 120 valence electrons. The van der Waals surface area contributed by atoms with Crippen molar-refractivity contribution < 1.29 is 28.8 Å². The molecule has 1 amide bonds. The van der Waals surface area contributed by atoms with E-state index in [1.807, 2.05) is 0 Å². The van der Waals surface area contributed by atoms with Crippen molar-refractivity contribution in [3.63, 3.8) is 0 Å². The SMILES string of the molecule is CCOC(COCCO)(NC(=O)OC(C)(C)C)OCC. The third kappa shape index (κ3) is 8.31. The van der Waals surface area contributed by atoms with Crippen LogP contribution in [0.15, 0.2) is 0 Å². The van der Waals surface area contributed by atoms with Crippen molar-refractivity contribution in [3.05, 3.63) is 0 Å². The number of carbonyl (C=O) groups is 1. The number of nitrogens with one attached hydrogen (secondary N) is 1. The van der Waals surface area contributed by atoms with Gasteiger partial charge in [0.2, 0.25) is 0 Å². The molecule has 20 heavy (non-hydrogen) atoms. The van der Waals surface area contributed by atoms with Gasteiger partial charge in [-0.2, -0.15) is 0 Å². The number of carbonyl (C=O) groups excluding carboxylic acids is 1. The number of alkyl carbamates (subject to hydrolysis) is 1. The number of aliphatic hydroxyl groups is 1. The third-order valence-corrected chi connectivity index (χ3v) is 1.97. The normalized spacial score (nSPS) is 12.3. The Morgan fingerprint density at radius 3 is 2.10 bits per heavy atom. The largest absolute Gasteiger partial charge is 0.444 e. The Morgan fingerprint density at radius 1 is 1.15 bits per heavy atom. The average Bonchev–Trinajstić information content (AvgIpc) is 2.27. The van der Waals surface area contributed by atoms with Gasteiger partial charge >= 0.3 is 6.09 Å². The summed E-state index contributed by atoms with van der Waals surface area (Å²) in [5, 5.41) is 11.3. The van der Waals surface area contributed by atoms with Crippen LogP contribution in [0.5, 0.6) is 0 Å². The van der Waals surface area contributed by atoms with Crippen molar-refractivity contribution in [2.75, 3.05) is 33.0 Å². The molecule has 0 spiro atoms. The van der Waals surface area contributed by atoms with E-state index < -0.39 is 17.6 Å². The Balaban J connectivity index is 4.74. The summed E-state index contributed by atoms with van der Waals surface area (Å²) < 4.78 is 21.3. The lowest BCUT2D eigenvalue weighted by molar-refractivity contribution is -0.271. The predicted molar refractivity (Wildman–Crippen MR) is 73.3 cm³/mol. The molecule has 0 heterocycles. The van der Waals surface area contributed by atoms with E-state index in [1.54, 1.807) is 34.6 Å². The van der Waals surface area contributed by atoms with E-state index in [4.69, 9.17) is 24.1 Å². The second kappa shape index (κ2) is 9.12. The Morgan fingerprint density at radius 2 is 1.70 bits per heavy atom. The second-order valence-electron chi connectivity index (χ2n) is 5.02. The van der Waals surface area contributed by atoms with Gasteiger partial charge < -0.3 is 24.1 Å². The molecule has 0 fully saturated rings. The van der Waals surface area contributed by atoms with Gasteiger partial charge in [0.15, 0.2) is 0 Å². The topological polar surface area (TPSA) is 86.2 Å². The fourth-order valence-electron chi connectivity index (χ4n) is 1.43. The maximum Gasteiger partial charge on any atom is 0.411 e. The number of aliphatic hydroxyl groups excluding tert-OH is 1. The third-order valence-electron chi connectivity index (χ3n) is 1.97. The minimum atomic E-state index is -1.42. The number of ether oxygens (including phenoxy) is 4. The van der Waals surface area contributed by atoms with Crippen molar-refractivity contribution in [1.82, 2.24) is 5.32 Å². The lowest BCUT2D eigenvalue weighted by Crippen LogP contribution is -2.57. The fourth-order valence-corrected chi connectivity index (χ4v) is 1.43. The van der Waals surface area contributed by atoms with Crippen LogP contribution in [0.1, 0.15) is 34.6 Å². The van der Waals surface area contributed by atoms with E-state index in [0.717, 1.165) is 0 Å².